The smallest absolute Gasteiger partial charge is 0.238 e. The molecule has 3 aromatic rings. The van der Waals surface area contributed by atoms with Crippen LogP contribution in [0.4, 0.5) is 11.4 Å². The minimum atomic E-state index is -0.747. The van der Waals surface area contributed by atoms with Gasteiger partial charge in [-0.3, -0.25) is 29.0 Å². The number of anilines is 2. The number of benzene rings is 3. The van der Waals surface area contributed by atoms with Crippen LogP contribution in [0.15, 0.2) is 84.4 Å². The molecule has 7 rings (SSSR count). The van der Waals surface area contributed by atoms with Crippen molar-refractivity contribution in [2.45, 2.75) is 18.8 Å². The fourth-order valence-electron chi connectivity index (χ4n) is 7.72. The monoisotopic (exact) mass is 578 g/mol. The molecule has 0 bridgehead atoms. The van der Waals surface area contributed by atoms with E-state index in [0.29, 0.717) is 23.4 Å². The van der Waals surface area contributed by atoms with E-state index in [0.717, 1.165) is 5.57 Å². The Bertz CT molecular complexity index is 1660. The zero-order valence-corrected chi connectivity index (χ0v) is 23.7. The van der Waals surface area contributed by atoms with Gasteiger partial charge in [0.25, 0.3) is 0 Å². The average Bonchev–Trinajstić information content (AvgIpc) is 3.44. The Morgan fingerprint density at radius 2 is 1.19 bits per heavy atom. The lowest BCUT2D eigenvalue weighted by molar-refractivity contribution is -0.126. The molecule has 1 saturated carbocycles. The van der Waals surface area contributed by atoms with Gasteiger partial charge in [-0.05, 0) is 60.7 Å². The molecule has 3 fully saturated rings. The Kier molecular flexibility index (Phi) is 6.34. The highest BCUT2D eigenvalue weighted by Crippen LogP contribution is 2.59. The van der Waals surface area contributed by atoms with Crippen molar-refractivity contribution in [3.8, 4) is 17.2 Å². The summed E-state index contributed by atoms with van der Waals surface area (Å²) in [7, 11) is 2.86. The number of allylic oxidation sites excluding steroid dienone is 2. The van der Waals surface area contributed by atoms with E-state index in [1.807, 2.05) is 18.2 Å². The van der Waals surface area contributed by atoms with Crippen molar-refractivity contribution in [1.82, 2.24) is 0 Å². The maximum Gasteiger partial charge on any atom is 0.238 e. The predicted molar refractivity (Wildman–Crippen MR) is 157 cm³/mol. The topological polar surface area (TPSA) is 113 Å². The number of carbonyl (C=O) groups excluding carboxylic acids is 4. The number of fused-ring (bicyclic) bond motifs is 4. The van der Waals surface area contributed by atoms with Gasteiger partial charge in [-0.15, -0.1) is 0 Å². The summed E-state index contributed by atoms with van der Waals surface area (Å²) in [4.78, 5) is 58.5. The average molecular weight is 579 g/mol. The van der Waals surface area contributed by atoms with Gasteiger partial charge in [0.1, 0.15) is 0 Å². The van der Waals surface area contributed by atoms with Gasteiger partial charge in [-0.1, -0.05) is 48.0 Å². The van der Waals surface area contributed by atoms with Gasteiger partial charge in [0.15, 0.2) is 11.5 Å². The minimum absolute atomic E-state index is 0.168. The first-order chi connectivity index (χ1) is 20.8. The second kappa shape index (κ2) is 10.1. The van der Waals surface area contributed by atoms with Gasteiger partial charge in [0.05, 0.1) is 49.3 Å². The van der Waals surface area contributed by atoms with Crippen molar-refractivity contribution in [3.63, 3.8) is 0 Å². The molecule has 0 radical (unpaired) electrons. The number of phenolic OH excluding ortho intramolecular Hbond substituents is 1. The van der Waals surface area contributed by atoms with E-state index < -0.39 is 35.5 Å². The molecule has 43 heavy (non-hydrogen) atoms. The van der Waals surface area contributed by atoms with E-state index in [9.17, 15) is 24.3 Å². The third-order valence-corrected chi connectivity index (χ3v) is 9.54. The lowest BCUT2D eigenvalue weighted by atomic mass is 9.57. The molecule has 2 saturated heterocycles. The Morgan fingerprint density at radius 1 is 0.674 bits per heavy atom. The first-order valence-electron chi connectivity index (χ1n) is 14.4. The molecular formula is C34H30N2O7. The van der Waals surface area contributed by atoms with Crippen LogP contribution in [0.5, 0.6) is 17.2 Å². The molecule has 6 atom stereocenters. The van der Waals surface area contributed by atoms with E-state index >= 15 is 0 Å². The van der Waals surface area contributed by atoms with Crippen LogP contribution in [-0.2, 0) is 19.2 Å². The second-order valence-electron chi connectivity index (χ2n) is 11.5. The SMILES string of the molecule is COc1cc(C2C3=CCC4C(=O)N(c5ccccc5)C(=O)C4C3CC3C(=O)N(c4ccccc4)C(=O)C32)cc(OC)c1O. The van der Waals surface area contributed by atoms with Crippen LogP contribution in [0, 0.1) is 29.6 Å². The second-order valence-corrected chi connectivity index (χ2v) is 11.5. The first-order valence-corrected chi connectivity index (χ1v) is 14.4. The number of imide groups is 2. The third kappa shape index (κ3) is 3.91. The lowest BCUT2D eigenvalue weighted by Crippen LogP contribution is -2.43. The van der Waals surface area contributed by atoms with Gasteiger partial charge < -0.3 is 14.6 Å². The van der Waals surface area contributed by atoms with Gasteiger partial charge in [-0.2, -0.15) is 0 Å². The van der Waals surface area contributed by atoms with E-state index in [1.165, 1.54) is 24.0 Å². The normalized spacial score (nSPS) is 27.9. The number of hydrogen-bond acceptors (Lipinski definition) is 7. The molecule has 4 amide bonds. The van der Waals surface area contributed by atoms with Crippen LogP contribution in [0.25, 0.3) is 0 Å². The molecule has 0 spiro atoms. The number of rotatable bonds is 5. The number of para-hydroxylation sites is 2. The third-order valence-electron chi connectivity index (χ3n) is 9.54. The summed E-state index contributed by atoms with van der Waals surface area (Å²) in [6.45, 7) is 0. The summed E-state index contributed by atoms with van der Waals surface area (Å²) >= 11 is 0. The summed E-state index contributed by atoms with van der Waals surface area (Å²) in [5, 5.41) is 10.7. The quantitative estimate of drug-likeness (QED) is 0.352. The van der Waals surface area contributed by atoms with Crippen LogP contribution >= 0.6 is 0 Å². The van der Waals surface area contributed by atoms with Gasteiger partial charge >= 0.3 is 0 Å². The van der Waals surface area contributed by atoms with Crippen LogP contribution in [0.1, 0.15) is 24.3 Å². The molecule has 3 aromatic carbocycles. The largest absolute Gasteiger partial charge is 0.502 e. The van der Waals surface area contributed by atoms with Crippen LogP contribution in [0.2, 0.25) is 0 Å². The number of phenols is 1. The molecule has 218 valence electrons. The van der Waals surface area contributed by atoms with E-state index in [-0.39, 0.29) is 47.3 Å². The van der Waals surface area contributed by atoms with Crippen molar-refractivity contribution in [2.75, 3.05) is 24.0 Å². The highest BCUT2D eigenvalue weighted by Gasteiger charge is 2.62. The lowest BCUT2D eigenvalue weighted by Gasteiger charge is -2.44. The summed E-state index contributed by atoms with van der Waals surface area (Å²) < 4.78 is 10.9. The number of nitrogens with zero attached hydrogens (tertiary/aromatic N) is 2. The van der Waals surface area contributed by atoms with E-state index in [1.54, 1.807) is 60.7 Å². The first kappa shape index (κ1) is 26.9. The standard InChI is InChI=1S/C34H30N2O7/c1-42-25-15-18(16-26(43-2)30(25)37)27-21-13-14-22-28(33(40)35(31(22)38)19-9-5-3-6-10-19)23(21)17-24-29(27)34(41)36(32(24)39)20-11-7-4-8-12-20/h3-13,15-16,22-24,27-29,37H,14,17H2,1-2H3. The number of ether oxygens (including phenoxy) is 2. The molecule has 2 aliphatic heterocycles. The maximum absolute atomic E-state index is 14.2. The number of methoxy groups -OCH3 is 2. The Hall–Kier alpha value is -4.92. The van der Waals surface area contributed by atoms with Crippen molar-refractivity contribution in [1.29, 1.82) is 0 Å². The molecule has 2 aliphatic carbocycles. The van der Waals surface area contributed by atoms with E-state index in [4.69, 9.17) is 9.47 Å². The molecule has 9 heteroatoms. The fourth-order valence-corrected chi connectivity index (χ4v) is 7.72. The van der Waals surface area contributed by atoms with Crippen LogP contribution in [-0.4, -0.2) is 43.0 Å². The Balaban J connectivity index is 1.38. The van der Waals surface area contributed by atoms with Crippen molar-refractivity contribution in [2.24, 2.45) is 29.6 Å². The number of hydrogen-bond donors (Lipinski definition) is 1. The Morgan fingerprint density at radius 3 is 1.72 bits per heavy atom. The zero-order chi connectivity index (χ0) is 30.0. The zero-order valence-electron chi connectivity index (χ0n) is 23.7. The molecule has 2 heterocycles. The van der Waals surface area contributed by atoms with Crippen LogP contribution in [0.3, 0.4) is 0 Å². The summed E-state index contributed by atoms with van der Waals surface area (Å²) in [5.74, 6) is -4.73. The molecule has 1 N–H and O–H groups in total. The number of aromatic hydroxyl groups is 1. The van der Waals surface area contributed by atoms with E-state index in [2.05, 4.69) is 0 Å². The van der Waals surface area contributed by atoms with Gasteiger partial charge in [0, 0.05) is 5.92 Å². The molecule has 0 aromatic heterocycles. The van der Waals surface area contributed by atoms with Crippen molar-refractivity contribution in [3.05, 3.63) is 90.0 Å². The predicted octanol–water partition coefficient (Wildman–Crippen LogP) is 4.45. The van der Waals surface area contributed by atoms with Crippen molar-refractivity contribution < 1.29 is 33.8 Å². The number of amides is 4. The molecule has 4 aliphatic rings. The molecular weight excluding hydrogens is 548 g/mol. The van der Waals surface area contributed by atoms with Gasteiger partial charge in [-0.25, -0.2) is 0 Å². The summed E-state index contributed by atoms with van der Waals surface area (Å²) in [6, 6.07) is 21.0. The minimum Gasteiger partial charge on any atom is -0.502 e. The number of carbonyl (C=O) groups is 4. The highest BCUT2D eigenvalue weighted by atomic mass is 16.5. The highest BCUT2D eigenvalue weighted by molar-refractivity contribution is 6.24. The van der Waals surface area contributed by atoms with Gasteiger partial charge in [0.2, 0.25) is 29.4 Å². The Labute approximate surface area is 248 Å². The maximum atomic E-state index is 14.2. The summed E-state index contributed by atoms with van der Waals surface area (Å²) in [5.41, 5.74) is 2.49. The summed E-state index contributed by atoms with van der Waals surface area (Å²) in [6.07, 6.45) is 2.60. The van der Waals surface area contributed by atoms with Crippen LogP contribution < -0.4 is 19.3 Å². The fraction of sp³-hybridized carbons (Fsp3) is 0.294. The van der Waals surface area contributed by atoms with Crippen molar-refractivity contribution >= 4 is 35.0 Å². The molecule has 9 nitrogen and oxygen atoms in total. The molecule has 6 unspecified atom stereocenters.